The molecule has 5 nitrogen and oxygen atoms in total. The van der Waals surface area contributed by atoms with Gasteiger partial charge in [-0.25, -0.2) is 0 Å². The van der Waals surface area contributed by atoms with Crippen molar-refractivity contribution in [1.82, 2.24) is 9.47 Å². The van der Waals surface area contributed by atoms with Gasteiger partial charge in [0, 0.05) is 44.3 Å². The minimum Gasteiger partial charge on any atom is -0.342 e. The summed E-state index contributed by atoms with van der Waals surface area (Å²) in [6.45, 7) is 0.356. The lowest BCUT2D eigenvalue weighted by Gasteiger charge is -2.11. The Morgan fingerprint density at radius 3 is 2.49 bits per heavy atom. The monoisotopic (exact) mass is 564 g/mol. The van der Waals surface area contributed by atoms with Gasteiger partial charge in [0.1, 0.15) is 0 Å². The van der Waals surface area contributed by atoms with E-state index in [1.165, 1.54) is 0 Å². The zero-order valence-electron chi connectivity index (χ0n) is 18.3. The van der Waals surface area contributed by atoms with Gasteiger partial charge in [0.25, 0.3) is 11.1 Å². The summed E-state index contributed by atoms with van der Waals surface area (Å²) in [5, 5.41) is 1.01. The Kier molecular flexibility index (Phi) is 6.65. The number of aromatic nitrogens is 1. The summed E-state index contributed by atoms with van der Waals surface area (Å²) in [4.78, 5) is 39.6. The highest BCUT2D eigenvalue weighted by atomic mass is 79.9. The number of carbonyl (C=O) groups excluding carboxylic acids is 3. The Morgan fingerprint density at radius 1 is 1.00 bits per heavy atom. The summed E-state index contributed by atoms with van der Waals surface area (Å²) in [7, 11) is 0. The molecule has 4 aromatic rings. The maximum absolute atomic E-state index is 13.1. The highest BCUT2D eigenvalue weighted by Crippen LogP contribution is 2.35. The number of halogens is 2. The molecule has 35 heavy (non-hydrogen) atoms. The van der Waals surface area contributed by atoms with E-state index in [-0.39, 0.29) is 17.2 Å². The van der Waals surface area contributed by atoms with Crippen molar-refractivity contribution in [3.05, 3.63) is 110 Å². The quantitative estimate of drug-likeness (QED) is 0.186. The molecule has 3 aromatic carbocycles. The number of nitrogens with zero attached hydrogens (tertiary/aromatic N) is 2. The Hall–Kier alpha value is -3.13. The standard InChI is InChI=1S/C27H18BrClN2O3S/c28-20-8-11-23-22(13-20)19(15-30(23)14-17-4-2-1-3-5-17)12-25-26(33)31(27(34)35-25)16-24(32)18-6-9-21(29)10-7-18/h1-13,15H,14,16H2/b25-12-. The molecule has 2 amide bonds. The van der Waals surface area contributed by atoms with E-state index < -0.39 is 11.1 Å². The summed E-state index contributed by atoms with van der Waals surface area (Å²) in [5.41, 5.74) is 3.39. The van der Waals surface area contributed by atoms with Crippen LogP contribution in [0.25, 0.3) is 17.0 Å². The van der Waals surface area contributed by atoms with Crippen molar-refractivity contribution in [2.75, 3.05) is 6.54 Å². The molecule has 1 aliphatic heterocycles. The summed E-state index contributed by atoms with van der Waals surface area (Å²) in [6, 6.07) is 22.5. The van der Waals surface area contributed by atoms with Gasteiger partial charge in [-0.3, -0.25) is 19.3 Å². The van der Waals surface area contributed by atoms with E-state index in [1.54, 1.807) is 30.3 Å². The first-order valence-corrected chi connectivity index (χ1v) is 12.7. The minimum absolute atomic E-state index is 0.289. The Morgan fingerprint density at radius 2 is 1.74 bits per heavy atom. The first-order valence-electron chi connectivity index (χ1n) is 10.8. The van der Waals surface area contributed by atoms with Crippen molar-refractivity contribution in [2.45, 2.75) is 6.54 Å². The molecule has 0 saturated carbocycles. The highest BCUT2D eigenvalue weighted by molar-refractivity contribution is 9.10. The van der Waals surface area contributed by atoms with E-state index in [2.05, 4.69) is 32.6 Å². The Labute approximate surface area is 219 Å². The fourth-order valence-corrected chi connectivity index (χ4v) is 5.29. The number of rotatable bonds is 6. The summed E-state index contributed by atoms with van der Waals surface area (Å²) in [5.74, 6) is -0.796. The van der Waals surface area contributed by atoms with E-state index in [0.29, 0.717) is 17.1 Å². The number of fused-ring (bicyclic) bond motifs is 1. The SMILES string of the molecule is O=C(CN1C(=O)S/C(=C\c2cn(Cc3ccccc3)c3ccc(Br)cc23)C1=O)c1ccc(Cl)cc1. The van der Waals surface area contributed by atoms with Crippen LogP contribution in [0, 0.1) is 0 Å². The molecule has 174 valence electrons. The molecule has 0 aliphatic carbocycles. The number of benzene rings is 3. The van der Waals surface area contributed by atoms with Gasteiger partial charge in [0.15, 0.2) is 5.78 Å². The predicted molar refractivity (Wildman–Crippen MR) is 144 cm³/mol. The molecule has 1 aromatic heterocycles. The van der Waals surface area contributed by atoms with Crippen LogP contribution in [-0.4, -0.2) is 32.9 Å². The smallest absolute Gasteiger partial charge is 0.293 e. The maximum Gasteiger partial charge on any atom is 0.293 e. The molecule has 1 aliphatic rings. The van der Waals surface area contributed by atoms with Gasteiger partial charge < -0.3 is 4.57 Å². The van der Waals surface area contributed by atoms with Gasteiger partial charge in [-0.2, -0.15) is 0 Å². The first kappa shape index (κ1) is 23.6. The molecule has 0 atom stereocenters. The second kappa shape index (κ2) is 9.85. The van der Waals surface area contributed by atoms with Crippen LogP contribution in [0.3, 0.4) is 0 Å². The van der Waals surface area contributed by atoms with Crippen molar-refractivity contribution in [1.29, 1.82) is 0 Å². The fraction of sp³-hybridized carbons (Fsp3) is 0.0741. The number of thioether (sulfide) groups is 1. The third-order valence-electron chi connectivity index (χ3n) is 5.70. The van der Waals surface area contributed by atoms with Crippen LogP contribution in [0.4, 0.5) is 4.79 Å². The minimum atomic E-state index is -0.471. The van der Waals surface area contributed by atoms with Crippen LogP contribution in [0.15, 0.2) is 88.4 Å². The second-order valence-corrected chi connectivity index (χ2v) is 10.4. The van der Waals surface area contributed by atoms with Crippen LogP contribution in [0.5, 0.6) is 0 Å². The van der Waals surface area contributed by atoms with E-state index >= 15 is 0 Å². The number of carbonyl (C=O) groups is 3. The number of hydrogen-bond acceptors (Lipinski definition) is 4. The summed E-state index contributed by atoms with van der Waals surface area (Å²) < 4.78 is 3.04. The fourth-order valence-electron chi connectivity index (χ4n) is 3.97. The van der Waals surface area contributed by atoms with E-state index in [4.69, 9.17) is 11.6 Å². The van der Waals surface area contributed by atoms with Crippen LogP contribution in [0.1, 0.15) is 21.5 Å². The average molecular weight is 566 g/mol. The average Bonchev–Trinajstić information content (AvgIpc) is 3.31. The van der Waals surface area contributed by atoms with Gasteiger partial charge in [0.05, 0.1) is 11.4 Å². The zero-order chi connectivity index (χ0) is 24.5. The molecule has 0 N–H and O–H groups in total. The number of amides is 2. The lowest BCUT2D eigenvalue weighted by atomic mass is 10.1. The third-order valence-corrected chi connectivity index (χ3v) is 7.35. The second-order valence-electron chi connectivity index (χ2n) is 8.06. The van der Waals surface area contributed by atoms with Crippen LogP contribution in [0.2, 0.25) is 5.02 Å². The topological polar surface area (TPSA) is 59.4 Å². The normalized spacial score (nSPS) is 14.9. The third kappa shape index (κ3) is 4.98. The van der Waals surface area contributed by atoms with E-state index in [0.717, 1.165) is 43.2 Å². The number of imide groups is 1. The molecule has 0 spiro atoms. The van der Waals surface area contributed by atoms with Gasteiger partial charge in [0.2, 0.25) is 0 Å². The highest BCUT2D eigenvalue weighted by Gasteiger charge is 2.36. The van der Waals surface area contributed by atoms with Gasteiger partial charge in [-0.15, -0.1) is 0 Å². The molecule has 1 fully saturated rings. The Bertz CT molecular complexity index is 1500. The van der Waals surface area contributed by atoms with Crippen molar-refractivity contribution in [3.63, 3.8) is 0 Å². The van der Waals surface area contributed by atoms with Crippen molar-refractivity contribution in [3.8, 4) is 0 Å². The predicted octanol–water partition coefficient (Wildman–Crippen LogP) is 7.02. The molecule has 1 saturated heterocycles. The van der Waals surface area contributed by atoms with Crippen LogP contribution < -0.4 is 0 Å². The van der Waals surface area contributed by atoms with E-state index in [1.807, 2.05) is 42.6 Å². The molecule has 0 bridgehead atoms. The van der Waals surface area contributed by atoms with Crippen molar-refractivity contribution in [2.24, 2.45) is 0 Å². The number of hydrogen-bond donors (Lipinski definition) is 0. The lowest BCUT2D eigenvalue weighted by Crippen LogP contribution is -2.33. The number of ketones is 1. The molecule has 5 rings (SSSR count). The lowest BCUT2D eigenvalue weighted by molar-refractivity contribution is -0.122. The van der Waals surface area contributed by atoms with E-state index in [9.17, 15) is 14.4 Å². The number of Topliss-reactive ketones (excluding diaryl/α,β-unsaturated/α-hetero) is 1. The van der Waals surface area contributed by atoms with Crippen molar-refractivity contribution >= 4 is 73.2 Å². The first-order chi connectivity index (χ1) is 16.9. The van der Waals surface area contributed by atoms with Crippen molar-refractivity contribution < 1.29 is 14.4 Å². The maximum atomic E-state index is 13.1. The van der Waals surface area contributed by atoms with Crippen LogP contribution >= 0.6 is 39.3 Å². The molecule has 8 heteroatoms. The summed E-state index contributed by atoms with van der Waals surface area (Å²) in [6.07, 6.45) is 3.71. The van der Waals surface area contributed by atoms with Gasteiger partial charge in [-0.05, 0) is 65.9 Å². The zero-order valence-corrected chi connectivity index (χ0v) is 21.4. The Balaban J connectivity index is 1.44. The molecule has 0 unspecified atom stereocenters. The van der Waals surface area contributed by atoms with Gasteiger partial charge in [-0.1, -0.05) is 57.9 Å². The molecule has 0 radical (unpaired) electrons. The summed E-state index contributed by atoms with van der Waals surface area (Å²) >= 11 is 10.3. The van der Waals surface area contributed by atoms with Crippen LogP contribution in [-0.2, 0) is 11.3 Å². The van der Waals surface area contributed by atoms with Gasteiger partial charge >= 0.3 is 0 Å². The largest absolute Gasteiger partial charge is 0.342 e. The molecule has 2 heterocycles. The molecular formula is C27H18BrClN2O3S. The molecular weight excluding hydrogens is 548 g/mol.